The minimum Gasteiger partial charge on any atom is -0.471 e. The van der Waals surface area contributed by atoms with Crippen molar-refractivity contribution in [2.24, 2.45) is 0 Å². The van der Waals surface area contributed by atoms with Crippen LogP contribution in [0, 0.1) is 6.92 Å². The van der Waals surface area contributed by atoms with Crippen molar-refractivity contribution in [3.63, 3.8) is 0 Å². The number of benzene rings is 1. The number of rotatable bonds is 4. The second kappa shape index (κ2) is 9.92. The lowest BCUT2D eigenvalue weighted by atomic mass is 10.1. The molecule has 1 amide bonds. The van der Waals surface area contributed by atoms with Gasteiger partial charge in [-0.25, -0.2) is 8.78 Å². The molecule has 12 heteroatoms. The predicted molar refractivity (Wildman–Crippen MR) is 95.8 cm³/mol. The number of nitrogens with one attached hydrogen (secondary N) is 1. The fraction of sp³-hybridized carbons (Fsp3) is 0.368. The highest BCUT2D eigenvalue weighted by atomic mass is 19.4. The zero-order valence-electron chi connectivity index (χ0n) is 16.5. The van der Waals surface area contributed by atoms with E-state index in [4.69, 9.17) is 0 Å². The Balaban J connectivity index is 0.000000367. The van der Waals surface area contributed by atoms with Gasteiger partial charge in [-0.2, -0.15) is 31.3 Å². The number of amides is 1. The van der Waals surface area contributed by atoms with E-state index < -0.39 is 53.6 Å². The molecule has 1 heterocycles. The average Bonchev–Trinajstić information content (AvgIpc) is 2.58. The number of pyridine rings is 1. The van der Waals surface area contributed by atoms with Crippen LogP contribution in [-0.4, -0.2) is 23.4 Å². The van der Waals surface area contributed by atoms with Gasteiger partial charge in [0.25, 0.3) is 5.92 Å². The molecule has 0 atom stereocenters. The lowest BCUT2D eigenvalue weighted by Gasteiger charge is -2.14. The number of halogens is 8. The van der Waals surface area contributed by atoms with Crippen molar-refractivity contribution in [2.75, 3.05) is 11.9 Å². The first kappa shape index (κ1) is 26.1. The fourth-order valence-electron chi connectivity index (χ4n) is 1.93. The van der Waals surface area contributed by atoms with Gasteiger partial charge in [0, 0.05) is 19.9 Å². The van der Waals surface area contributed by atoms with Crippen LogP contribution in [0.5, 0.6) is 5.88 Å². The van der Waals surface area contributed by atoms with E-state index in [1.165, 1.54) is 12.1 Å². The van der Waals surface area contributed by atoms with Crippen LogP contribution in [0.15, 0.2) is 36.4 Å². The highest BCUT2D eigenvalue weighted by Crippen LogP contribution is 2.33. The van der Waals surface area contributed by atoms with Crippen LogP contribution in [0.2, 0.25) is 0 Å². The van der Waals surface area contributed by atoms with Gasteiger partial charge in [0.1, 0.15) is 5.82 Å². The van der Waals surface area contributed by atoms with E-state index in [1.807, 2.05) is 5.32 Å². The number of nitrogens with zero attached hydrogens (tertiary/aromatic N) is 1. The number of ether oxygens (including phenoxy) is 1. The first-order valence-corrected chi connectivity index (χ1v) is 8.49. The minimum absolute atomic E-state index is 0.429. The zero-order chi connectivity index (χ0) is 24.0. The summed E-state index contributed by atoms with van der Waals surface area (Å²) in [6, 6.07) is 6.12. The number of alkyl halides is 8. The number of aryl methyl sites for hydroxylation is 1. The summed E-state index contributed by atoms with van der Waals surface area (Å²) in [5.41, 5.74) is -0.924. The molecule has 1 N–H and O–H groups in total. The van der Waals surface area contributed by atoms with Gasteiger partial charge < -0.3 is 10.1 Å². The number of carbonyl (C=O) groups is 1. The van der Waals surface area contributed by atoms with E-state index >= 15 is 0 Å². The lowest BCUT2D eigenvalue weighted by molar-refractivity contribution is -0.138. The summed E-state index contributed by atoms with van der Waals surface area (Å²) in [4.78, 5) is 14.3. The normalized spacial score (nSPS) is 12.0. The van der Waals surface area contributed by atoms with Crippen molar-refractivity contribution >= 4 is 11.7 Å². The molecule has 0 aliphatic rings. The van der Waals surface area contributed by atoms with Gasteiger partial charge in [0.2, 0.25) is 11.8 Å². The SMILES string of the molecule is CC(=O)Nc1cc(C(F)(F)F)cc(OCC(C)(F)F)n1.Cc1ccc(C(F)(F)F)cc1. The third-order valence-electron chi connectivity index (χ3n) is 3.29. The molecule has 0 saturated carbocycles. The standard InChI is InChI=1S/C11H11F5N2O2.C8H7F3/c1-6(19)17-8-3-7(11(14,15)16)4-9(18-8)20-5-10(2,12)13;1-6-2-4-7(5-3-6)8(9,10)11/h3-4H,5H2,1-2H3,(H,17,18,19);2-5H,1H3. The van der Waals surface area contributed by atoms with Crippen LogP contribution in [0.25, 0.3) is 0 Å². The van der Waals surface area contributed by atoms with Gasteiger partial charge >= 0.3 is 12.4 Å². The second-order valence-electron chi connectivity index (χ2n) is 6.48. The van der Waals surface area contributed by atoms with E-state index in [0.29, 0.717) is 19.1 Å². The maximum Gasteiger partial charge on any atom is 0.416 e. The molecule has 172 valence electrons. The molecule has 0 bridgehead atoms. The maximum absolute atomic E-state index is 12.6. The van der Waals surface area contributed by atoms with E-state index in [9.17, 15) is 39.9 Å². The predicted octanol–water partition coefficient (Wildman–Crippen LogP) is 6.11. The highest BCUT2D eigenvalue weighted by Gasteiger charge is 2.33. The van der Waals surface area contributed by atoms with Gasteiger partial charge in [-0.1, -0.05) is 17.7 Å². The third kappa shape index (κ3) is 10.1. The molecule has 0 aliphatic heterocycles. The summed E-state index contributed by atoms with van der Waals surface area (Å²) in [7, 11) is 0. The molecular weight excluding hydrogens is 440 g/mol. The summed E-state index contributed by atoms with van der Waals surface area (Å²) in [5.74, 6) is -4.94. The number of hydrogen-bond donors (Lipinski definition) is 1. The van der Waals surface area contributed by atoms with E-state index in [-0.39, 0.29) is 0 Å². The third-order valence-corrected chi connectivity index (χ3v) is 3.29. The zero-order valence-corrected chi connectivity index (χ0v) is 16.5. The van der Waals surface area contributed by atoms with Crippen molar-refractivity contribution in [1.82, 2.24) is 4.98 Å². The minimum atomic E-state index is -4.72. The van der Waals surface area contributed by atoms with Gasteiger partial charge in [0.15, 0.2) is 6.61 Å². The Kier molecular flexibility index (Phi) is 8.36. The smallest absolute Gasteiger partial charge is 0.416 e. The molecule has 0 aliphatic carbocycles. The fourth-order valence-corrected chi connectivity index (χ4v) is 1.93. The molecule has 0 spiro atoms. The van der Waals surface area contributed by atoms with Crippen molar-refractivity contribution in [3.05, 3.63) is 53.1 Å². The molecule has 4 nitrogen and oxygen atoms in total. The summed E-state index contributed by atoms with van der Waals surface area (Å²) in [6.45, 7) is 2.25. The van der Waals surface area contributed by atoms with Crippen molar-refractivity contribution in [2.45, 2.75) is 39.0 Å². The molecule has 1 aromatic heterocycles. The Morgan fingerprint density at radius 3 is 1.87 bits per heavy atom. The quantitative estimate of drug-likeness (QED) is 0.563. The topological polar surface area (TPSA) is 51.2 Å². The molecular formula is C19H18F8N2O2. The average molecular weight is 458 g/mol. The second-order valence-corrected chi connectivity index (χ2v) is 6.48. The number of carbonyl (C=O) groups excluding carboxylic acids is 1. The van der Waals surface area contributed by atoms with Gasteiger partial charge in [-0.15, -0.1) is 0 Å². The van der Waals surface area contributed by atoms with Crippen molar-refractivity contribution < 1.29 is 44.7 Å². The van der Waals surface area contributed by atoms with Crippen LogP contribution in [-0.2, 0) is 17.1 Å². The highest BCUT2D eigenvalue weighted by molar-refractivity contribution is 5.87. The van der Waals surface area contributed by atoms with Gasteiger partial charge in [-0.3, -0.25) is 4.79 Å². The maximum atomic E-state index is 12.6. The summed E-state index contributed by atoms with van der Waals surface area (Å²) < 4.78 is 103. The van der Waals surface area contributed by atoms with Gasteiger partial charge in [0.05, 0.1) is 11.1 Å². The molecule has 0 saturated heterocycles. The summed E-state index contributed by atoms with van der Waals surface area (Å²) in [5, 5.41) is 2.04. The Hall–Kier alpha value is -2.92. The molecule has 0 radical (unpaired) electrons. The van der Waals surface area contributed by atoms with Gasteiger partial charge in [-0.05, 0) is 25.1 Å². The molecule has 0 fully saturated rings. The van der Waals surface area contributed by atoms with Crippen LogP contribution < -0.4 is 10.1 Å². The van der Waals surface area contributed by atoms with Crippen LogP contribution in [0.4, 0.5) is 40.9 Å². The molecule has 31 heavy (non-hydrogen) atoms. The molecule has 2 rings (SSSR count). The van der Waals surface area contributed by atoms with Crippen LogP contribution >= 0.6 is 0 Å². The summed E-state index contributed by atoms with van der Waals surface area (Å²) in [6.07, 6.45) is -8.93. The van der Waals surface area contributed by atoms with Crippen molar-refractivity contribution in [3.8, 4) is 5.88 Å². The summed E-state index contributed by atoms with van der Waals surface area (Å²) >= 11 is 0. The van der Waals surface area contributed by atoms with E-state index in [2.05, 4.69) is 9.72 Å². The number of hydrogen-bond acceptors (Lipinski definition) is 3. The molecule has 1 aromatic carbocycles. The monoisotopic (exact) mass is 458 g/mol. The molecule has 2 aromatic rings. The molecule has 0 unspecified atom stereocenters. The Bertz CT molecular complexity index is 872. The number of anilines is 1. The Labute approximate surface area is 172 Å². The number of aromatic nitrogens is 1. The van der Waals surface area contributed by atoms with E-state index in [0.717, 1.165) is 24.6 Å². The lowest BCUT2D eigenvalue weighted by Crippen LogP contribution is -2.22. The van der Waals surface area contributed by atoms with E-state index in [1.54, 1.807) is 6.92 Å². The Morgan fingerprint density at radius 2 is 1.45 bits per heavy atom. The van der Waals surface area contributed by atoms with Crippen LogP contribution in [0.1, 0.15) is 30.5 Å². The van der Waals surface area contributed by atoms with Crippen molar-refractivity contribution in [1.29, 1.82) is 0 Å². The first-order chi connectivity index (χ1) is 14.0. The first-order valence-electron chi connectivity index (χ1n) is 8.49. The van der Waals surface area contributed by atoms with Crippen LogP contribution in [0.3, 0.4) is 0 Å². The Morgan fingerprint density at radius 1 is 0.935 bits per heavy atom. The largest absolute Gasteiger partial charge is 0.471 e.